The maximum Gasteiger partial charge on any atom is 0.328 e. The van der Waals surface area contributed by atoms with Crippen LogP contribution in [-0.4, -0.2) is 23.5 Å². The van der Waals surface area contributed by atoms with E-state index in [1.807, 2.05) is 0 Å². The number of amides is 1. The number of carboxylic acids is 1. The molecule has 0 saturated heterocycles. The summed E-state index contributed by atoms with van der Waals surface area (Å²) in [5.41, 5.74) is 6.51. The minimum Gasteiger partial charge on any atom is -0.478 e. The molecule has 0 saturated carbocycles. The molecule has 5 heteroatoms. The molecule has 1 aromatic rings. The van der Waals surface area contributed by atoms with E-state index in [1.165, 1.54) is 6.08 Å². The van der Waals surface area contributed by atoms with Crippen molar-refractivity contribution in [2.45, 2.75) is 0 Å². The van der Waals surface area contributed by atoms with E-state index in [4.69, 9.17) is 10.8 Å². The number of carboxylic acid groups (broad SMARTS) is 1. The number of carbonyl (C=O) groups excluding carboxylic acids is 1. The van der Waals surface area contributed by atoms with Crippen LogP contribution in [0.2, 0.25) is 0 Å². The second kappa shape index (κ2) is 5.67. The molecule has 84 valence electrons. The summed E-state index contributed by atoms with van der Waals surface area (Å²) in [7, 11) is 0. The normalized spacial score (nSPS) is 10.3. The molecule has 0 atom stereocenters. The lowest BCUT2D eigenvalue weighted by Crippen LogP contribution is -2.21. The van der Waals surface area contributed by atoms with Crippen LogP contribution >= 0.6 is 0 Å². The van der Waals surface area contributed by atoms with Crippen LogP contribution in [-0.2, 0) is 9.59 Å². The monoisotopic (exact) mass is 220 g/mol. The van der Waals surface area contributed by atoms with Crippen LogP contribution in [0.5, 0.6) is 0 Å². The van der Waals surface area contributed by atoms with Crippen LogP contribution in [0, 0.1) is 0 Å². The summed E-state index contributed by atoms with van der Waals surface area (Å²) in [5, 5.41) is 11.0. The molecule has 0 aliphatic carbocycles. The fourth-order valence-electron chi connectivity index (χ4n) is 1.06. The Morgan fingerprint density at radius 1 is 1.31 bits per heavy atom. The third-order valence-corrected chi connectivity index (χ3v) is 1.80. The fraction of sp³-hybridized carbons (Fsp3) is 0.0909. The quantitative estimate of drug-likeness (QED) is 0.650. The van der Waals surface area contributed by atoms with Gasteiger partial charge in [0.15, 0.2) is 0 Å². The number of benzene rings is 1. The molecule has 5 nitrogen and oxygen atoms in total. The third-order valence-electron chi connectivity index (χ3n) is 1.80. The summed E-state index contributed by atoms with van der Waals surface area (Å²) in [6, 6.07) is 6.75. The van der Waals surface area contributed by atoms with Crippen molar-refractivity contribution in [2.75, 3.05) is 11.9 Å². The van der Waals surface area contributed by atoms with Crippen molar-refractivity contribution < 1.29 is 14.7 Å². The zero-order valence-corrected chi connectivity index (χ0v) is 8.51. The molecule has 1 aromatic carbocycles. The fourth-order valence-corrected chi connectivity index (χ4v) is 1.06. The maximum absolute atomic E-state index is 11.0. The maximum atomic E-state index is 11.0. The summed E-state index contributed by atoms with van der Waals surface area (Å²) in [6.07, 6.45) is 2.52. The first-order valence-corrected chi connectivity index (χ1v) is 4.63. The van der Waals surface area contributed by atoms with Gasteiger partial charge in [-0.2, -0.15) is 0 Å². The highest BCUT2D eigenvalue weighted by Gasteiger charge is 1.98. The number of nitrogens with one attached hydrogen (secondary N) is 1. The van der Waals surface area contributed by atoms with Gasteiger partial charge in [0.05, 0.1) is 6.54 Å². The van der Waals surface area contributed by atoms with Crippen LogP contribution in [0.4, 0.5) is 5.69 Å². The SMILES string of the molecule is NCC(=O)Nc1ccc(/C=C/C(=O)O)cc1. The number of carbonyl (C=O) groups is 2. The largest absolute Gasteiger partial charge is 0.478 e. The standard InChI is InChI=1S/C11H12N2O3/c12-7-10(14)13-9-4-1-8(2-5-9)3-6-11(15)16/h1-6H,7,12H2,(H,13,14)(H,15,16)/b6-3+. The number of hydrogen-bond acceptors (Lipinski definition) is 3. The molecule has 0 radical (unpaired) electrons. The third kappa shape index (κ3) is 3.93. The van der Waals surface area contributed by atoms with E-state index >= 15 is 0 Å². The van der Waals surface area contributed by atoms with Crippen LogP contribution < -0.4 is 11.1 Å². The van der Waals surface area contributed by atoms with Gasteiger partial charge in [-0.3, -0.25) is 4.79 Å². The smallest absolute Gasteiger partial charge is 0.328 e. The van der Waals surface area contributed by atoms with Gasteiger partial charge in [0.25, 0.3) is 0 Å². The topological polar surface area (TPSA) is 92.4 Å². The predicted molar refractivity (Wildman–Crippen MR) is 60.8 cm³/mol. The van der Waals surface area contributed by atoms with Gasteiger partial charge in [0, 0.05) is 11.8 Å². The minimum atomic E-state index is -1.000. The molecule has 0 spiro atoms. The van der Waals surface area contributed by atoms with Crippen LogP contribution in [0.3, 0.4) is 0 Å². The van der Waals surface area contributed by atoms with E-state index in [0.717, 1.165) is 11.6 Å². The second-order valence-corrected chi connectivity index (χ2v) is 3.05. The summed E-state index contributed by atoms with van der Waals surface area (Å²) in [6.45, 7) is -0.0688. The molecule has 4 N–H and O–H groups in total. The van der Waals surface area contributed by atoms with Gasteiger partial charge in [0.1, 0.15) is 0 Å². The Labute approximate surface area is 92.6 Å². The van der Waals surface area contributed by atoms with Gasteiger partial charge < -0.3 is 16.2 Å². The molecule has 16 heavy (non-hydrogen) atoms. The average molecular weight is 220 g/mol. The lowest BCUT2D eigenvalue weighted by atomic mass is 10.2. The van der Waals surface area contributed by atoms with Crippen molar-refractivity contribution in [3.63, 3.8) is 0 Å². The number of anilines is 1. The van der Waals surface area contributed by atoms with Crippen molar-refractivity contribution in [2.24, 2.45) is 5.73 Å². The van der Waals surface area contributed by atoms with Gasteiger partial charge in [0.2, 0.25) is 5.91 Å². The van der Waals surface area contributed by atoms with E-state index in [9.17, 15) is 9.59 Å². The number of nitrogens with two attached hydrogens (primary N) is 1. The van der Waals surface area contributed by atoms with Gasteiger partial charge in [-0.15, -0.1) is 0 Å². The molecule has 0 aliphatic rings. The molecule has 0 aromatic heterocycles. The Morgan fingerprint density at radius 2 is 1.94 bits per heavy atom. The average Bonchev–Trinajstić information content (AvgIpc) is 2.28. The number of rotatable bonds is 4. The van der Waals surface area contributed by atoms with Crippen molar-refractivity contribution >= 4 is 23.6 Å². The van der Waals surface area contributed by atoms with E-state index in [-0.39, 0.29) is 12.5 Å². The van der Waals surface area contributed by atoms with Crippen LogP contribution in [0.25, 0.3) is 6.08 Å². The highest BCUT2D eigenvalue weighted by atomic mass is 16.4. The highest BCUT2D eigenvalue weighted by Crippen LogP contribution is 2.10. The summed E-state index contributed by atoms with van der Waals surface area (Å²) < 4.78 is 0. The number of hydrogen-bond donors (Lipinski definition) is 3. The Hall–Kier alpha value is -2.14. The van der Waals surface area contributed by atoms with Crippen molar-refractivity contribution in [3.05, 3.63) is 35.9 Å². The summed E-state index contributed by atoms with van der Waals surface area (Å²) >= 11 is 0. The van der Waals surface area contributed by atoms with Gasteiger partial charge >= 0.3 is 5.97 Å². The lowest BCUT2D eigenvalue weighted by molar-refractivity contribution is -0.131. The molecule has 0 heterocycles. The summed E-state index contributed by atoms with van der Waals surface area (Å²) in [4.78, 5) is 21.2. The lowest BCUT2D eigenvalue weighted by Gasteiger charge is -2.03. The Morgan fingerprint density at radius 3 is 2.44 bits per heavy atom. The zero-order chi connectivity index (χ0) is 12.0. The van der Waals surface area contributed by atoms with E-state index < -0.39 is 5.97 Å². The molecular weight excluding hydrogens is 208 g/mol. The van der Waals surface area contributed by atoms with Crippen LogP contribution in [0.1, 0.15) is 5.56 Å². The Kier molecular flexibility index (Phi) is 4.23. The van der Waals surface area contributed by atoms with Crippen LogP contribution in [0.15, 0.2) is 30.3 Å². The van der Waals surface area contributed by atoms with Gasteiger partial charge in [-0.1, -0.05) is 12.1 Å². The van der Waals surface area contributed by atoms with E-state index in [2.05, 4.69) is 5.32 Å². The second-order valence-electron chi connectivity index (χ2n) is 3.05. The minimum absolute atomic E-state index is 0.0688. The van der Waals surface area contributed by atoms with Crippen molar-refractivity contribution in [1.29, 1.82) is 0 Å². The Balaban J connectivity index is 2.68. The molecule has 0 aliphatic heterocycles. The van der Waals surface area contributed by atoms with Crippen molar-refractivity contribution in [1.82, 2.24) is 0 Å². The van der Waals surface area contributed by atoms with Gasteiger partial charge in [-0.25, -0.2) is 4.79 Å². The first-order chi connectivity index (χ1) is 7.61. The molecular formula is C11H12N2O3. The first kappa shape index (κ1) is 11.9. The molecule has 0 fully saturated rings. The molecule has 0 unspecified atom stereocenters. The van der Waals surface area contributed by atoms with Gasteiger partial charge in [-0.05, 0) is 23.8 Å². The summed E-state index contributed by atoms with van der Waals surface area (Å²) in [5.74, 6) is -1.27. The Bertz CT molecular complexity index is 410. The van der Waals surface area contributed by atoms with E-state index in [0.29, 0.717) is 5.69 Å². The molecule has 0 bridgehead atoms. The highest BCUT2D eigenvalue weighted by molar-refractivity contribution is 5.92. The predicted octanol–water partition coefficient (Wildman–Crippen LogP) is 0.682. The zero-order valence-electron chi connectivity index (χ0n) is 8.51. The number of aliphatic carboxylic acids is 1. The molecule has 1 rings (SSSR count). The van der Waals surface area contributed by atoms with E-state index in [1.54, 1.807) is 24.3 Å². The molecule has 1 amide bonds. The first-order valence-electron chi connectivity index (χ1n) is 4.63. The van der Waals surface area contributed by atoms with Crippen molar-refractivity contribution in [3.8, 4) is 0 Å².